The van der Waals surface area contributed by atoms with Crippen LogP contribution in [-0.2, 0) is 6.54 Å². The Kier molecular flexibility index (Phi) is 4.19. The lowest BCUT2D eigenvalue weighted by Gasteiger charge is -2.23. The van der Waals surface area contributed by atoms with Crippen molar-refractivity contribution in [1.82, 2.24) is 19.9 Å². The highest BCUT2D eigenvalue weighted by atomic mass is 16.4. The van der Waals surface area contributed by atoms with Gasteiger partial charge in [-0.1, -0.05) is 0 Å². The molecule has 4 heterocycles. The van der Waals surface area contributed by atoms with E-state index in [1.165, 1.54) is 25.1 Å². The number of carboxylic acids is 1. The summed E-state index contributed by atoms with van der Waals surface area (Å²) in [5.41, 5.74) is 2.58. The van der Waals surface area contributed by atoms with E-state index >= 15 is 0 Å². The van der Waals surface area contributed by atoms with E-state index in [9.17, 15) is 4.79 Å². The van der Waals surface area contributed by atoms with E-state index < -0.39 is 5.97 Å². The monoisotopic (exact) mass is 336 g/mol. The average molecular weight is 336 g/mol. The Balaban J connectivity index is 1.63. The Morgan fingerprint density at radius 3 is 2.96 bits per heavy atom. The van der Waals surface area contributed by atoms with Crippen LogP contribution in [0.4, 0.5) is 0 Å². The van der Waals surface area contributed by atoms with Gasteiger partial charge in [0.15, 0.2) is 0 Å². The minimum atomic E-state index is -0.961. The number of fused-ring (bicyclic) bond motifs is 1. The fraction of sp³-hybridized carbons (Fsp3) is 0.316. The molecular formula is C19H20N4O2. The van der Waals surface area contributed by atoms with Crippen molar-refractivity contribution in [2.75, 3.05) is 13.1 Å². The molecule has 128 valence electrons. The number of carbonyl (C=O) groups is 1. The summed E-state index contributed by atoms with van der Waals surface area (Å²) in [5, 5.41) is 13.7. The number of hydrogen-bond donors (Lipinski definition) is 2. The Labute approximate surface area is 145 Å². The number of pyridine rings is 2. The van der Waals surface area contributed by atoms with Crippen molar-refractivity contribution in [2.24, 2.45) is 5.92 Å². The molecule has 1 atom stereocenters. The second-order valence-electron chi connectivity index (χ2n) is 6.54. The first-order chi connectivity index (χ1) is 12.2. The van der Waals surface area contributed by atoms with Gasteiger partial charge >= 0.3 is 5.97 Å². The third kappa shape index (κ3) is 3.25. The summed E-state index contributed by atoms with van der Waals surface area (Å²) in [6.45, 7) is 3.18. The zero-order chi connectivity index (χ0) is 17.2. The van der Waals surface area contributed by atoms with Crippen LogP contribution < -0.4 is 5.32 Å². The molecule has 3 aromatic rings. The summed E-state index contributed by atoms with van der Waals surface area (Å²) in [5.74, 6) is -0.310. The Bertz CT molecular complexity index is 913. The number of carboxylic acid groups (broad SMARTS) is 1. The first-order valence-electron chi connectivity index (χ1n) is 8.56. The number of hydrogen-bond acceptors (Lipinski definition) is 4. The van der Waals surface area contributed by atoms with Gasteiger partial charge in [0.1, 0.15) is 0 Å². The van der Waals surface area contributed by atoms with Crippen LogP contribution >= 0.6 is 0 Å². The zero-order valence-corrected chi connectivity index (χ0v) is 13.9. The maximum Gasteiger partial charge on any atom is 0.335 e. The first kappa shape index (κ1) is 15.8. The zero-order valence-electron chi connectivity index (χ0n) is 13.9. The minimum Gasteiger partial charge on any atom is -0.478 e. The van der Waals surface area contributed by atoms with Gasteiger partial charge in [0, 0.05) is 24.3 Å². The van der Waals surface area contributed by atoms with Gasteiger partial charge in [-0.3, -0.25) is 9.97 Å². The van der Waals surface area contributed by atoms with Gasteiger partial charge in [-0.15, -0.1) is 0 Å². The van der Waals surface area contributed by atoms with Crippen LogP contribution in [0, 0.1) is 5.92 Å². The first-order valence-corrected chi connectivity index (χ1v) is 8.56. The molecule has 0 aromatic carbocycles. The largest absolute Gasteiger partial charge is 0.478 e. The van der Waals surface area contributed by atoms with Crippen molar-refractivity contribution in [1.29, 1.82) is 0 Å². The highest BCUT2D eigenvalue weighted by Crippen LogP contribution is 2.24. The van der Waals surface area contributed by atoms with Gasteiger partial charge in [0.25, 0.3) is 0 Å². The molecule has 1 aliphatic rings. The second-order valence-corrected chi connectivity index (χ2v) is 6.54. The summed E-state index contributed by atoms with van der Waals surface area (Å²) in [6, 6.07) is 7.09. The van der Waals surface area contributed by atoms with Crippen LogP contribution in [0.25, 0.3) is 22.3 Å². The lowest BCUT2D eigenvalue weighted by atomic mass is 10.00. The molecule has 1 aliphatic heterocycles. The standard InChI is InChI=1S/C19H20N4O2/c24-19(25)15-3-6-21-16(9-15)17-8-14-4-7-23(18(14)11-22-17)12-13-2-1-5-20-10-13/h3-4,6-9,11,13,20H,1-2,5,10,12H2,(H,24,25). The third-order valence-electron chi connectivity index (χ3n) is 4.78. The van der Waals surface area contributed by atoms with Crippen molar-refractivity contribution in [2.45, 2.75) is 19.4 Å². The predicted molar refractivity (Wildman–Crippen MR) is 95.5 cm³/mol. The van der Waals surface area contributed by atoms with E-state index in [4.69, 9.17) is 5.11 Å². The number of aromatic carboxylic acids is 1. The van der Waals surface area contributed by atoms with Gasteiger partial charge in [0.2, 0.25) is 0 Å². The maximum atomic E-state index is 11.1. The summed E-state index contributed by atoms with van der Waals surface area (Å²) >= 11 is 0. The van der Waals surface area contributed by atoms with Crippen molar-refractivity contribution >= 4 is 16.9 Å². The molecule has 0 spiro atoms. The molecule has 0 radical (unpaired) electrons. The number of piperidine rings is 1. The van der Waals surface area contributed by atoms with E-state index in [0.717, 1.165) is 30.5 Å². The van der Waals surface area contributed by atoms with Gasteiger partial charge in [-0.25, -0.2) is 4.79 Å². The van der Waals surface area contributed by atoms with E-state index in [1.807, 2.05) is 12.3 Å². The smallest absolute Gasteiger partial charge is 0.335 e. The molecule has 6 heteroatoms. The molecule has 0 aliphatic carbocycles. The lowest BCUT2D eigenvalue weighted by Crippen LogP contribution is -2.32. The topological polar surface area (TPSA) is 80.0 Å². The Morgan fingerprint density at radius 1 is 1.28 bits per heavy atom. The molecule has 2 N–H and O–H groups in total. The van der Waals surface area contributed by atoms with Crippen molar-refractivity contribution in [3.8, 4) is 11.4 Å². The second kappa shape index (κ2) is 6.64. The Morgan fingerprint density at radius 2 is 2.16 bits per heavy atom. The van der Waals surface area contributed by atoms with Crippen molar-refractivity contribution < 1.29 is 9.90 Å². The van der Waals surface area contributed by atoms with Gasteiger partial charge < -0.3 is 15.0 Å². The molecule has 1 unspecified atom stereocenters. The summed E-state index contributed by atoms with van der Waals surface area (Å²) < 4.78 is 2.25. The summed E-state index contributed by atoms with van der Waals surface area (Å²) in [6.07, 6.45) is 7.95. The third-order valence-corrected chi connectivity index (χ3v) is 4.78. The summed E-state index contributed by atoms with van der Waals surface area (Å²) in [7, 11) is 0. The molecule has 6 nitrogen and oxygen atoms in total. The van der Waals surface area contributed by atoms with E-state index in [0.29, 0.717) is 17.3 Å². The number of aromatic nitrogens is 3. The minimum absolute atomic E-state index is 0.217. The van der Waals surface area contributed by atoms with Crippen LogP contribution in [0.15, 0.2) is 42.9 Å². The van der Waals surface area contributed by atoms with Crippen LogP contribution in [0.5, 0.6) is 0 Å². The quantitative estimate of drug-likeness (QED) is 0.766. The number of nitrogens with zero attached hydrogens (tertiary/aromatic N) is 3. The highest BCUT2D eigenvalue weighted by molar-refractivity contribution is 5.89. The van der Waals surface area contributed by atoms with Crippen LogP contribution in [0.1, 0.15) is 23.2 Å². The molecular weight excluding hydrogens is 316 g/mol. The van der Waals surface area contributed by atoms with E-state index in [1.54, 1.807) is 6.07 Å². The molecule has 3 aromatic heterocycles. The molecule has 1 fully saturated rings. The highest BCUT2D eigenvalue weighted by Gasteiger charge is 2.15. The van der Waals surface area contributed by atoms with Gasteiger partial charge in [-0.2, -0.15) is 0 Å². The van der Waals surface area contributed by atoms with E-state index in [2.05, 4.69) is 32.1 Å². The Hall–Kier alpha value is -2.73. The van der Waals surface area contributed by atoms with Crippen molar-refractivity contribution in [3.05, 3.63) is 48.4 Å². The number of nitrogens with one attached hydrogen (secondary N) is 1. The van der Waals surface area contributed by atoms with Crippen LogP contribution in [0.3, 0.4) is 0 Å². The lowest BCUT2D eigenvalue weighted by molar-refractivity contribution is 0.0697. The molecule has 0 amide bonds. The van der Waals surface area contributed by atoms with Crippen molar-refractivity contribution in [3.63, 3.8) is 0 Å². The van der Waals surface area contributed by atoms with Gasteiger partial charge in [0.05, 0.1) is 28.7 Å². The average Bonchev–Trinajstić information content (AvgIpc) is 3.05. The van der Waals surface area contributed by atoms with E-state index in [-0.39, 0.29) is 5.56 Å². The van der Waals surface area contributed by atoms with Gasteiger partial charge in [-0.05, 0) is 56.1 Å². The molecule has 0 saturated carbocycles. The molecule has 1 saturated heterocycles. The maximum absolute atomic E-state index is 11.1. The predicted octanol–water partition coefficient (Wildman–Crippen LogP) is 2.80. The molecule has 4 rings (SSSR count). The number of rotatable bonds is 4. The normalized spacial score (nSPS) is 17.7. The van der Waals surface area contributed by atoms with Crippen LogP contribution in [-0.4, -0.2) is 38.7 Å². The summed E-state index contributed by atoms with van der Waals surface area (Å²) in [4.78, 5) is 19.9. The molecule has 25 heavy (non-hydrogen) atoms. The van der Waals surface area contributed by atoms with Crippen LogP contribution in [0.2, 0.25) is 0 Å². The molecule has 0 bridgehead atoms. The fourth-order valence-corrected chi connectivity index (χ4v) is 3.45. The fourth-order valence-electron chi connectivity index (χ4n) is 3.45. The SMILES string of the molecule is O=C(O)c1ccnc(-c2cc3ccn(CC4CCCNC4)c3cn2)c1.